The minimum atomic E-state index is -0.560. The second kappa shape index (κ2) is 7.45. The lowest BCUT2D eigenvalue weighted by atomic mass is 10.0. The summed E-state index contributed by atoms with van der Waals surface area (Å²) < 4.78 is 9.79. The van der Waals surface area contributed by atoms with Gasteiger partial charge in [0.05, 0.1) is 23.8 Å². The molecule has 8 heteroatoms. The molecule has 3 aromatic rings. The zero-order valence-corrected chi connectivity index (χ0v) is 15.5. The highest BCUT2D eigenvalue weighted by Gasteiger charge is 2.20. The van der Waals surface area contributed by atoms with Crippen LogP contribution in [0.1, 0.15) is 41.5 Å². The van der Waals surface area contributed by atoms with Gasteiger partial charge in [0, 0.05) is 17.1 Å². The van der Waals surface area contributed by atoms with Gasteiger partial charge in [-0.05, 0) is 43.2 Å². The van der Waals surface area contributed by atoms with Crippen LogP contribution in [0.5, 0.6) is 0 Å². The number of fused-ring (bicyclic) bond motifs is 1. The van der Waals surface area contributed by atoms with Gasteiger partial charge in [0.15, 0.2) is 0 Å². The summed E-state index contributed by atoms with van der Waals surface area (Å²) in [5.41, 5.74) is 3.31. The summed E-state index contributed by atoms with van der Waals surface area (Å²) in [7, 11) is 1.29. The van der Waals surface area contributed by atoms with E-state index < -0.39 is 6.09 Å². The molecule has 0 radical (unpaired) electrons. The molecule has 0 unspecified atom stereocenters. The van der Waals surface area contributed by atoms with E-state index in [4.69, 9.17) is 4.52 Å². The highest BCUT2D eigenvalue weighted by molar-refractivity contribution is 6.12. The van der Waals surface area contributed by atoms with Crippen LogP contribution < -0.4 is 10.6 Å². The predicted octanol–water partition coefficient (Wildman–Crippen LogP) is 4.09. The molecule has 0 atom stereocenters. The number of rotatable bonds is 4. The Balaban J connectivity index is 1.88. The van der Waals surface area contributed by atoms with Crippen LogP contribution in [0.3, 0.4) is 0 Å². The van der Waals surface area contributed by atoms with E-state index in [9.17, 15) is 9.59 Å². The first-order valence-electron chi connectivity index (χ1n) is 8.42. The molecular weight excluding hydrogens is 348 g/mol. The van der Waals surface area contributed by atoms with Crippen molar-refractivity contribution in [3.63, 3.8) is 0 Å². The van der Waals surface area contributed by atoms with E-state index in [1.807, 2.05) is 13.8 Å². The predicted molar refractivity (Wildman–Crippen MR) is 101 cm³/mol. The minimum Gasteiger partial charge on any atom is -0.453 e. The van der Waals surface area contributed by atoms with E-state index in [0.29, 0.717) is 33.7 Å². The Kier molecular flexibility index (Phi) is 5.07. The fourth-order valence-electron chi connectivity index (χ4n) is 2.59. The largest absolute Gasteiger partial charge is 0.453 e. The van der Waals surface area contributed by atoms with Gasteiger partial charge in [-0.2, -0.15) is 0 Å². The minimum absolute atomic E-state index is 0.134. The Morgan fingerprint density at radius 3 is 2.33 bits per heavy atom. The fourth-order valence-corrected chi connectivity index (χ4v) is 2.59. The third-order valence-corrected chi connectivity index (χ3v) is 4.05. The Bertz CT molecular complexity index is 993. The fraction of sp³-hybridized carbons (Fsp3) is 0.263. The average molecular weight is 368 g/mol. The van der Waals surface area contributed by atoms with Crippen LogP contribution in [0.2, 0.25) is 0 Å². The standard InChI is InChI=1S/C19H20N4O4/c1-10(2)15-9-14(16-11(3)23-27-18(16)22-15)17(24)20-12-5-7-13(8-6-12)21-19(25)26-4/h5-10H,1-4H3,(H,20,24)(H,21,25). The number of anilines is 2. The summed E-state index contributed by atoms with van der Waals surface area (Å²) in [6, 6.07) is 8.47. The van der Waals surface area contributed by atoms with Crippen molar-refractivity contribution in [2.45, 2.75) is 26.7 Å². The topological polar surface area (TPSA) is 106 Å². The molecule has 2 heterocycles. The quantitative estimate of drug-likeness (QED) is 0.718. The molecule has 0 aliphatic rings. The number of ether oxygens (including phenoxy) is 1. The van der Waals surface area contributed by atoms with Crippen molar-refractivity contribution in [2.24, 2.45) is 0 Å². The van der Waals surface area contributed by atoms with E-state index in [1.165, 1.54) is 7.11 Å². The van der Waals surface area contributed by atoms with E-state index >= 15 is 0 Å². The van der Waals surface area contributed by atoms with Gasteiger partial charge in [-0.1, -0.05) is 19.0 Å². The van der Waals surface area contributed by atoms with E-state index in [0.717, 1.165) is 5.69 Å². The molecule has 140 valence electrons. The molecule has 0 bridgehead atoms. The molecule has 0 spiro atoms. The number of hydrogen-bond acceptors (Lipinski definition) is 6. The first-order chi connectivity index (χ1) is 12.9. The molecule has 0 aliphatic heterocycles. The summed E-state index contributed by atoms with van der Waals surface area (Å²) in [6.45, 7) is 5.75. The van der Waals surface area contributed by atoms with Gasteiger partial charge in [-0.25, -0.2) is 9.78 Å². The van der Waals surface area contributed by atoms with Gasteiger partial charge in [-0.15, -0.1) is 0 Å². The van der Waals surface area contributed by atoms with Crippen LogP contribution in [0, 0.1) is 6.92 Å². The highest BCUT2D eigenvalue weighted by atomic mass is 16.5. The number of carbonyl (C=O) groups is 2. The van der Waals surface area contributed by atoms with Crippen LogP contribution in [-0.2, 0) is 4.74 Å². The monoisotopic (exact) mass is 368 g/mol. The van der Waals surface area contributed by atoms with Gasteiger partial charge < -0.3 is 14.6 Å². The molecule has 1 aromatic carbocycles. The second-order valence-corrected chi connectivity index (χ2v) is 6.35. The number of pyridine rings is 1. The third-order valence-electron chi connectivity index (χ3n) is 4.05. The second-order valence-electron chi connectivity index (χ2n) is 6.35. The molecule has 8 nitrogen and oxygen atoms in total. The van der Waals surface area contributed by atoms with Gasteiger partial charge in [0.1, 0.15) is 0 Å². The zero-order chi connectivity index (χ0) is 19.6. The van der Waals surface area contributed by atoms with Gasteiger partial charge >= 0.3 is 6.09 Å². The molecule has 2 aromatic heterocycles. The Hall–Kier alpha value is -3.42. The smallest absolute Gasteiger partial charge is 0.411 e. The molecule has 0 saturated heterocycles. The van der Waals surface area contributed by atoms with E-state index in [1.54, 1.807) is 37.3 Å². The normalized spacial score (nSPS) is 10.9. The van der Waals surface area contributed by atoms with Gasteiger partial charge in [-0.3, -0.25) is 10.1 Å². The van der Waals surface area contributed by atoms with Crippen molar-refractivity contribution in [1.82, 2.24) is 10.1 Å². The Labute approximate surface area is 155 Å². The number of aromatic nitrogens is 2. The zero-order valence-electron chi connectivity index (χ0n) is 15.5. The molecule has 27 heavy (non-hydrogen) atoms. The summed E-state index contributed by atoms with van der Waals surface area (Å²) in [6.07, 6.45) is -0.560. The number of hydrogen-bond donors (Lipinski definition) is 2. The molecule has 0 saturated carbocycles. The number of nitrogens with zero attached hydrogens (tertiary/aromatic N) is 2. The Morgan fingerprint density at radius 2 is 1.74 bits per heavy atom. The summed E-state index contributed by atoms with van der Waals surface area (Å²) in [5.74, 6) is -0.153. The van der Waals surface area contributed by atoms with E-state index in [2.05, 4.69) is 25.5 Å². The number of aryl methyl sites for hydroxylation is 1. The molecule has 2 N–H and O–H groups in total. The van der Waals surface area contributed by atoms with Crippen LogP contribution in [0.25, 0.3) is 11.1 Å². The SMILES string of the molecule is COC(=O)Nc1ccc(NC(=O)c2cc(C(C)C)nc3onc(C)c23)cc1. The maximum atomic E-state index is 12.9. The van der Waals surface area contributed by atoms with E-state index in [-0.39, 0.29) is 11.8 Å². The van der Waals surface area contributed by atoms with Crippen LogP contribution in [0.4, 0.5) is 16.2 Å². The summed E-state index contributed by atoms with van der Waals surface area (Å²) in [4.78, 5) is 28.5. The van der Waals surface area contributed by atoms with Crippen molar-refractivity contribution in [3.8, 4) is 0 Å². The molecule has 3 rings (SSSR count). The lowest BCUT2D eigenvalue weighted by Gasteiger charge is -2.10. The Morgan fingerprint density at radius 1 is 1.11 bits per heavy atom. The first kappa shape index (κ1) is 18.4. The molecular formula is C19H20N4O4. The van der Waals surface area contributed by atoms with Crippen molar-refractivity contribution in [3.05, 3.63) is 47.3 Å². The van der Waals surface area contributed by atoms with Crippen LogP contribution >= 0.6 is 0 Å². The van der Waals surface area contributed by atoms with Gasteiger partial charge in [0.2, 0.25) is 0 Å². The first-order valence-corrected chi connectivity index (χ1v) is 8.42. The molecule has 0 fully saturated rings. The third kappa shape index (κ3) is 3.89. The van der Waals surface area contributed by atoms with Crippen molar-refractivity contribution in [2.75, 3.05) is 17.7 Å². The van der Waals surface area contributed by atoms with Crippen LogP contribution in [-0.4, -0.2) is 29.3 Å². The number of carbonyl (C=O) groups excluding carboxylic acids is 2. The maximum Gasteiger partial charge on any atom is 0.411 e. The lowest BCUT2D eigenvalue weighted by Crippen LogP contribution is -2.14. The summed E-state index contributed by atoms with van der Waals surface area (Å²) >= 11 is 0. The maximum absolute atomic E-state index is 12.9. The van der Waals surface area contributed by atoms with Gasteiger partial charge in [0.25, 0.3) is 11.6 Å². The summed E-state index contributed by atoms with van der Waals surface area (Å²) in [5, 5.41) is 9.92. The number of nitrogens with one attached hydrogen (secondary N) is 2. The van der Waals surface area contributed by atoms with Crippen molar-refractivity contribution >= 4 is 34.5 Å². The number of benzene rings is 1. The lowest BCUT2D eigenvalue weighted by molar-refractivity contribution is 0.102. The average Bonchev–Trinajstić information content (AvgIpc) is 3.03. The van der Waals surface area contributed by atoms with Crippen molar-refractivity contribution in [1.29, 1.82) is 0 Å². The molecule has 0 aliphatic carbocycles. The number of amides is 2. The highest BCUT2D eigenvalue weighted by Crippen LogP contribution is 2.26. The van der Waals surface area contributed by atoms with Crippen molar-refractivity contribution < 1.29 is 18.8 Å². The molecule has 2 amide bonds. The van der Waals surface area contributed by atoms with Crippen LogP contribution in [0.15, 0.2) is 34.9 Å². The number of methoxy groups -OCH3 is 1.